The van der Waals surface area contributed by atoms with Crippen LogP contribution in [0.5, 0.6) is 0 Å². The fourth-order valence-electron chi connectivity index (χ4n) is 2.62. The van der Waals surface area contributed by atoms with Crippen LogP contribution in [0, 0.1) is 0 Å². The SMILES string of the molecule is CC(C)NC1(C)CC(=O)C1=O.CC(C)OCCOCCOCCOCCOCCN.[HH]. The third kappa shape index (κ3) is 15.0. The second-order valence-electron chi connectivity index (χ2n) is 7.72. The molecule has 30 heavy (non-hydrogen) atoms. The maximum Gasteiger partial charge on any atom is 0.218 e. The zero-order chi connectivity index (χ0) is 22.8. The summed E-state index contributed by atoms with van der Waals surface area (Å²) < 4.78 is 26.5. The summed E-state index contributed by atoms with van der Waals surface area (Å²) in [6, 6.07) is 0.247. The zero-order valence-electron chi connectivity index (χ0n) is 19.4. The van der Waals surface area contributed by atoms with Crippen LogP contribution in [0.2, 0.25) is 0 Å². The van der Waals surface area contributed by atoms with Gasteiger partial charge in [0.05, 0.1) is 71.1 Å². The van der Waals surface area contributed by atoms with Crippen molar-refractivity contribution in [1.29, 1.82) is 0 Å². The van der Waals surface area contributed by atoms with Crippen LogP contribution in [-0.4, -0.2) is 95.3 Å². The lowest BCUT2D eigenvalue weighted by atomic mass is 9.75. The van der Waals surface area contributed by atoms with Crippen molar-refractivity contribution in [2.45, 2.75) is 58.7 Å². The Morgan fingerprint density at radius 2 is 1.30 bits per heavy atom. The molecule has 1 saturated carbocycles. The molecule has 9 heteroatoms. The van der Waals surface area contributed by atoms with Gasteiger partial charge >= 0.3 is 0 Å². The number of hydrogen-bond donors (Lipinski definition) is 2. The zero-order valence-corrected chi connectivity index (χ0v) is 19.4. The number of ether oxygens (including phenoxy) is 5. The molecular weight excluding hydrogens is 392 g/mol. The van der Waals surface area contributed by atoms with Gasteiger partial charge in [0.2, 0.25) is 11.6 Å². The molecule has 1 unspecified atom stereocenters. The molecule has 180 valence electrons. The quantitative estimate of drug-likeness (QED) is 0.254. The number of carbonyl (C=O) groups is 2. The fraction of sp³-hybridized carbons (Fsp3) is 0.905. The Kier molecular flexibility index (Phi) is 17.2. The topological polar surface area (TPSA) is 118 Å². The van der Waals surface area contributed by atoms with Crippen LogP contribution in [0.1, 0.15) is 42.5 Å². The van der Waals surface area contributed by atoms with Crippen LogP contribution < -0.4 is 11.1 Å². The standard InChI is InChI=1S/C13H29NO5.C8H13NO2.H2/c1-13(2)19-12-11-18-10-9-17-8-7-16-6-5-15-4-3-14;1-5(2)9-8(3)4-6(10)7(8)11;/h13H,3-12,14H2,1-2H3;5,9H,4H2,1-3H3;1H. The van der Waals surface area contributed by atoms with Gasteiger partial charge in [0, 0.05) is 20.4 Å². The van der Waals surface area contributed by atoms with Gasteiger partial charge in [0.25, 0.3) is 0 Å². The van der Waals surface area contributed by atoms with Gasteiger partial charge in [-0.2, -0.15) is 0 Å². The molecule has 0 aromatic rings. The summed E-state index contributed by atoms with van der Waals surface area (Å²) in [7, 11) is 0. The van der Waals surface area contributed by atoms with E-state index >= 15 is 0 Å². The highest BCUT2D eigenvalue weighted by molar-refractivity contribution is 6.47. The average molecular weight is 437 g/mol. The summed E-state index contributed by atoms with van der Waals surface area (Å²) in [6.07, 6.45) is 0.607. The number of rotatable bonds is 17. The smallest absolute Gasteiger partial charge is 0.218 e. The van der Waals surface area contributed by atoms with Gasteiger partial charge in [0.1, 0.15) is 0 Å². The highest BCUT2D eigenvalue weighted by Gasteiger charge is 2.49. The van der Waals surface area contributed by atoms with Crippen LogP contribution in [0.3, 0.4) is 0 Å². The molecule has 0 aromatic carbocycles. The van der Waals surface area contributed by atoms with Crippen LogP contribution in [0.25, 0.3) is 0 Å². The second kappa shape index (κ2) is 17.7. The van der Waals surface area contributed by atoms with E-state index in [0.29, 0.717) is 72.4 Å². The van der Waals surface area contributed by atoms with Gasteiger partial charge in [-0.3, -0.25) is 9.59 Å². The Balaban J connectivity index is 0. The van der Waals surface area contributed by atoms with Crippen molar-refractivity contribution in [3.63, 3.8) is 0 Å². The molecule has 0 bridgehead atoms. The van der Waals surface area contributed by atoms with E-state index in [-0.39, 0.29) is 25.1 Å². The minimum absolute atomic E-state index is 0. The van der Waals surface area contributed by atoms with Crippen molar-refractivity contribution in [2.75, 3.05) is 66.0 Å². The molecule has 0 aromatic heterocycles. The summed E-state index contributed by atoms with van der Waals surface area (Å²) in [5.74, 6) is -0.521. The molecule has 1 aliphatic carbocycles. The van der Waals surface area contributed by atoms with Crippen molar-refractivity contribution in [3.8, 4) is 0 Å². The Hall–Kier alpha value is -0.940. The molecule has 0 saturated heterocycles. The fourth-order valence-corrected chi connectivity index (χ4v) is 2.62. The van der Waals surface area contributed by atoms with Gasteiger partial charge in [-0.05, 0) is 34.6 Å². The first-order valence-electron chi connectivity index (χ1n) is 10.7. The predicted octanol–water partition coefficient (Wildman–Crippen LogP) is 0.968. The summed E-state index contributed by atoms with van der Waals surface area (Å²) in [6.45, 7) is 15.5. The molecule has 1 atom stereocenters. The molecule has 1 rings (SSSR count). The molecule has 0 amide bonds. The number of Topliss-reactive ketones (excluding diaryl/α,β-unsaturated/α-hetero) is 2. The number of hydrogen-bond acceptors (Lipinski definition) is 9. The first-order valence-corrected chi connectivity index (χ1v) is 10.7. The molecule has 1 fully saturated rings. The molecule has 0 aliphatic heterocycles. The summed E-state index contributed by atoms with van der Waals surface area (Å²) in [4.78, 5) is 21.6. The summed E-state index contributed by atoms with van der Waals surface area (Å²) in [5.41, 5.74) is 4.71. The van der Waals surface area contributed by atoms with Crippen molar-refractivity contribution in [3.05, 3.63) is 0 Å². The average Bonchev–Trinajstić information content (AvgIpc) is 2.67. The Morgan fingerprint density at radius 3 is 1.63 bits per heavy atom. The number of nitrogens with one attached hydrogen (secondary N) is 1. The lowest BCUT2D eigenvalue weighted by Gasteiger charge is -2.37. The predicted molar refractivity (Wildman–Crippen MR) is 117 cm³/mol. The monoisotopic (exact) mass is 436 g/mol. The largest absolute Gasteiger partial charge is 0.378 e. The van der Waals surface area contributed by atoms with Gasteiger partial charge in [-0.25, -0.2) is 0 Å². The third-order valence-electron chi connectivity index (χ3n) is 3.93. The van der Waals surface area contributed by atoms with Gasteiger partial charge in [-0.1, -0.05) is 0 Å². The lowest BCUT2D eigenvalue weighted by molar-refractivity contribution is -0.149. The number of carbonyl (C=O) groups excluding carboxylic acids is 2. The van der Waals surface area contributed by atoms with Crippen LogP contribution >= 0.6 is 0 Å². The van der Waals surface area contributed by atoms with Gasteiger partial charge < -0.3 is 34.7 Å². The van der Waals surface area contributed by atoms with E-state index in [1.807, 2.05) is 27.7 Å². The molecule has 0 heterocycles. The molecule has 3 N–H and O–H groups in total. The summed E-state index contributed by atoms with van der Waals surface area (Å²) >= 11 is 0. The number of ketones is 2. The molecular formula is C21H44N2O7. The summed E-state index contributed by atoms with van der Waals surface area (Å²) in [5, 5.41) is 3.07. The first-order chi connectivity index (χ1) is 14.2. The first kappa shape index (κ1) is 29.1. The van der Waals surface area contributed by atoms with Crippen molar-refractivity contribution < 1.29 is 34.7 Å². The van der Waals surface area contributed by atoms with Gasteiger partial charge in [0.15, 0.2) is 0 Å². The second-order valence-corrected chi connectivity index (χ2v) is 7.72. The maximum absolute atomic E-state index is 11.0. The van der Waals surface area contributed by atoms with Crippen molar-refractivity contribution >= 4 is 11.6 Å². The normalized spacial score (nSPS) is 18.5. The number of nitrogens with two attached hydrogens (primary N) is 1. The van der Waals surface area contributed by atoms with Crippen molar-refractivity contribution in [2.24, 2.45) is 5.73 Å². The van der Waals surface area contributed by atoms with Crippen molar-refractivity contribution in [1.82, 2.24) is 5.32 Å². The maximum atomic E-state index is 11.0. The molecule has 0 radical (unpaired) electrons. The van der Waals surface area contributed by atoms with Crippen LogP contribution in [0.4, 0.5) is 0 Å². The molecule has 1 aliphatic rings. The van der Waals surface area contributed by atoms with E-state index in [1.165, 1.54) is 0 Å². The van der Waals surface area contributed by atoms with E-state index in [2.05, 4.69) is 5.32 Å². The Morgan fingerprint density at radius 1 is 0.867 bits per heavy atom. The van der Waals surface area contributed by atoms with E-state index in [0.717, 1.165) is 0 Å². The highest BCUT2D eigenvalue weighted by Crippen LogP contribution is 2.24. The van der Waals surface area contributed by atoms with E-state index in [9.17, 15) is 9.59 Å². The molecule has 9 nitrogen and oxygen atoms in total. The highest BCUT2D eigenvalue weighted by atomic mass is 16.6. The molecule has 0 spiro atoms. The third-order valence-corrected chi connectivity index (χ3v) is 3.93. The minimum atomic E-state index is -0.564. The van der Waals surface area contributed by atoms with E-state index in [1.54, 1.807) is 6.92 Å². The Labute approximate surface area is 182 Å². The van der Waals surface area contributed by atoms with Crippen LogP contribution in [0.15, 0.2) is 0 Å². The minimum Gasteiger partial charge on any atom is -0.378 e. The lowest BCUT2D eigenvalue weighted by Crippen LogP contribution is -2.64. The Bertz CT molecular complexity index is 467. The van der Waals surface area contributed by atoms with Gasteiger partial charge in [-0.15, -0.1) is 0 Å². The van der Waals surface area contributed by atoms with E-state index < -0.39 is 5.54 Å². The van der Waals surface area contributed by atoms with Crippen LogP contribution in [-0.2, 0) is 33.3 Å². The van der Waals surface area contributed by atoms with E-state index in [4.69, 9.17) is 29.4 Å².